The van der Waals surface area contributed by atoms with Crippen molar-refractivity contribution in [3.63, 3.8) is 0 Å². The van der Waals surface area contributed by atoms with Crippen molar-refractivity contribution >= 4 is 0 Å². The van der Waals surface area contributed by atoms with Crippen molar-refractivity contribution in [3.05, 3.63) is 102 Å². The quantitative estimate of drug-likeness (QED) is 0.592. The number of aromatic amines is 1. The molecule has 0 saturated heterocycles. The normalized spacial score (nSPS) is 16.6. The standard InChI is InChI=1S/C23H21N5/c1-2-11-25-20(8-1)18-6-3-7-19(13-18)23-22-21(26-16-27-22)9-12-28(23)15-17-5-4-10-24-14-17/h1-8,10-11,13-14,16,23H,9,12,15H2,(H,26,27)/t23-/m1/s1. The van der Waals surface area contributed by atoms with Gasteiger partial charge in [-0.05, 0) is 35.4 Å². The highest BCUT2D eigenvalue weighted by Gasteiger charge is 2.31. The van der Waals surface area contributed by atoms with Crippen LogP contribution in [0.5, 0.6) is 0 Å². The molecule has 0 saturated carbocycles. The molecule has 0 bridgehead atoms. The van der Waals surface area contributed by atoms with Crippen molar-refractivity contribution in [2.24, 2.45) is 0 Å². The summed E-state index contributed by atoms with van der Waals surface area (Å²) in [6.45, 7) is 1.82. The van der Waals surface area contributed by atoms with Crippen LogP contribution >= 0.6 is 0 Å². The van der Waals surface area contributed by atoms with Crippen LogP contribution in [0.15, 0.2) is 79.5 Å². The molecule has 5 rings (SSSR count). The molecule has 0 radical (unpaired) electrons. The lowest BCUT2D eigenvalue weighted by atomic mass is 9.93. The third kappa shape index (κ3) is 3.21. The number of benzene rings is 1. The number of rotatable bonds is 4. The Morgan fingerprint density at radius 2 is 2.00 bits per heavy atom. The Hall–Kier alpha value is -3.31. The summed E-state index contributed by atoms with van der Waals surface area (Å²) in [6, 6.07) is 18.9. The Morgan fingerprint density at radius 1 is 1.00 bits per heavy atom. The molecule has 4 aromatic rings. The second kappa shape index (κ2) is 7.37. The number of nitrogens with one attached hydrogen (secondary N) is 1. The van der Waals surface area contributed by atoms with Crippen LogP contribution in [0.25, 0.3) is 11.3 Å². The molecule has 3 aromatic heterocycles. The topological polar surface area (TPSA) is 57.7 Å². The lowest BCUT2D eigenvalue weighted by molar-refractivity contribution is 0.200. The SMILES string of the molecule is c1ccc(-c2cccc([C@@H]3c4nc[nH]c4CCN3Cc3cccnc3)c2)nc1. The van der Waals surface area contributed by atoms with Gasteiger partial charge in [-0.3, -0.25) is 14.9 Å². The number of pyridine rings is 2. The zero-order chi connectivity index (χ0) is 18.8. The maximum atomic E-state index is 4.68. The monoisotopic (exact) mass is 367 g/mol. The van der Waals surface area contributed by atoms with Crippen LogP contribution in [0.3, 0.4) is 0 Å². The number of fused-ring (bicyclic) bond motifs is 1. The smallest absolute Gasteiger partial charge is 0.0926 e. The minimum absolute atomic E-state index is 0.110. The van der Waals surface area contributed by atoms with E-state index in [4.69, 9.17) is 0 Å². The molecule has 0 aliphatic carbocycles. The van der Waals surface area contributed by atoms with Crippen LogP contribution < -0.4 is 0 Å². The summed E-state index contributed by atoms with van der Waals surface area (Å²) in [5.74, 6) is 0. The average Bonchev–Trinajstić information content (AvgIpc) is 3.24. The van der Waals surface area contributed by atoms with Crippen molar-refractivity contribution in [1.29, 1.82) is 0 Å². The Labute approximate surface area is 164 Å². The third-order valence-corrected chi connectivity index (χ3v) is 5.30. The fraction of sp³-hybridized carbons (Fsp3) is 0.174. The number of imidazole rings is 1. The second-order valence-corrected chi connectivity index (χ2v) is 7.09. The molecule has 0 amide bonds. The Kier molecular flexibility index (Phi) is 4.43. The molecule has 4 heterocycles. The van der Waals surface area contributed by atoms with Crippen LogP contribution in [0, 0.1) is 0 Å². The predicted octanol–water partition coefficient (Wildman–Crippen LogP) is 4.01. The highest BCUT2D eigenvalue weighted by Crippen LogP contribution is 2.35. The van der Waals surface area contributed by atoms with E-state index in [1.807, 2.05) is 49.2 Å². The number of hydrogen-bond acceptors (Lipinski definition) is 4. The fourth-order valence-electron chi connectivity index (χ4n) is 3.99. The van der Waals surface area contributed by atoms with Crippen LogP contribution in [0.4, 0.5) is 0 Å². The first kappa shape index (κ1) is 16.8. The Bertz CT molecular complexity index is 1060. The summed E-state index contributed by atoms with van der Waals surface area (Å²) in [6.07, 6.45) is 8.39. The van der Waals surface area contributed by atoms with Gasteiger partial charge in [-0.15, -0.1) is 0 Å². The Balaban J connectivity index is 1.55. The predicted molar refractivity (Wildman–Crippen MR) is 108 cm³/mol. The van der Waals surface area contributed by atoms with Crippen LogP contribution in [0.2, 0.25) is 0 Å². The van der Waals surface area contributed by atoms with E-state index in [2.05, 4.69) is 55.2 Å². The van der Waals surface area contributed by atoms with Gasteiger partial charge in [-0.1, -0.05) is 30.3 Å². The molecule has 1 aromatic carbocycles. The highest BCUT2D eigenvalue weighted by molar-refractivity contribution is 5.60. The lowest BCUT2D eigenvalue weighted by Gasteiger charge is -2.35. The minimum atomic E-state index is 0.110. The zero-order valence-electron chi connectivity index (χ0n) is 15.5. The maximum absolute atomic E-state index is 4.68. The summed E-state index contributed by atoms with van der Waals surface area (Å²) in [7, 11) is 0. The van der Waals surface area contributed by atoms with Gasteiger partial charge in [0.25, 0.3) is 0 Å². The summed E-state index contributed by atoms with van der Waals surface area (Å²) in [5.41, 5.74) is 6.92. The summed E-state index contributed by atoms with van der Waals surface area (Å²) in [4.78, 5) is 19.3. The van der Waals surface area contributed by atoms with E-state index in [1.54, 1.807) is 0 Å². The zero-order valence-corrected chi connectivity index (χ0v) is 15.5. The summed E-state index contributed by atoms with van der Waals surface area (Å²) >= 11 is 0. The second-order valence-electron chi connectivity index (χ2n) is 7.09. The maximum Gasteiger partial charge on any atom is 0.0926 e. The Morgan fingerprint density at radius 3 is 2.86 bits per heavy atom. The molecule has 1 aliphatic rings. The van der Waals surface area contributed by atoms with Crippen molar-refractivity contribution < 1.29 is 0 Å². The highest BCUT2D eigenvalue weighted by atomic mass is 15.2. The molecule has 1 aliphatic heterocycles. The molecule has 5 heteroatoms. The molecule has 0 spiro atoms. The molecule has 28 heavy (non-hydrogen) atoms. The van der Waals surface area contributed by atoms with Gasteiger partial charge >= 0.3 is 0 Å². The van der Waals surface area contributed by atoms with Gasteiger partial charge in [0.2, 0.25) is 0 Å². The molecule has 138 valence electrons. The fourth-order valence-corrected chi connectivity index (χ4v) is 3.99. The lowest BCUT2D eigenvalue weighted by Crippen LogP contribution is -2.35. The van der Waals surface area contributed by atoms with E-state index in [0.717, 1.165) is 36.5 Å². The van der Waals surface area contributed by atoms with Crippen molar-refractivity contribution in [2.75, 3.05) is 6.54 Å². The number of aromatic nitrogens is 4. The molecular weight excluding hydrogens is 346 g/mol. The van der Waals surface area contributed by atoms with Gasteiger partial charge in [-0.25, -0.2) is 4.98 Å². The van der Waals surface area contributed by atoms with Gasteiger partial charge in [0.05, 0.1) is 23.8 Å². The van der Waals surface area contributed by atoms with Crippen molar-refractivity contribution in [2.45, 2.75) is 19.0 Å². The molecule has 0 unspecified atom stereocenters. The average molecular weight is 367 g/mol. The summed E-state index contributed by atoms with van der Waals surface area (Å²) in [5, 5.41) is 0. The van der Waals surface area contributed by atoms with E-state index in [9.17, 15) is 0 Å². The van der Waals surface area contributed by atoms with Crippen molar-refractivity contribution in [3.8, 4) is 11.3 Å². The third-order valence-electron chi connectivity index (χ3n) is 5.30. The number of nitrogens with zero attached hydrogens (tertiary/aromatic N) is 4. The first-order valence-electron chi connectivity index (χ1n) is 9.55. The van der Waals surface area contributed by atoms with E-state index in [-0.39, 0.29) is 6.04 Å². The van der Waals surface area contributed by atoms with Crippen LogP contribution in [0.1, 0.15) is 28.6 Å². The molecule has 1 atom stereocenters. The van der Waals surface area contributed by atoms with Gasteiger partial charge < -0.3 is 4.98 Å². The van der Waals surface area contributed by atoms with Crippen LogP contribution in [-0.4, -0.2) is 31.4 Å². The van der Waals surface area contributed by atoms with E-state index in [0.29, 0.717) is 0 Å². The largest absolute Gasteiger partial charge is 0.348 e. The number of H-pyrrole nitrogens is 1. The first-order chi connectivity index (χ1) is 13.9. The van der Waals surface area contributed by atoms with E-state index in [1.165, 1.54) is 16.8 Å². The van der Waals surface area contributed by atoms with Crippen molar-refractivity contribution in [1.82, 2.24) is 24.8 Å². The molecular formula is C23H21N5. The molecule has 0 fully saturated rings. The number of hydrogen-bond donors (Lipinski definition) is 1. The van der Waals surface area contributed by atoms with E-state index >= 15 is 0 Å². The van der Waals surface area contributed by atoms with Gasteiger partial charge in [0, 0.05) is 49.4 Å². The van der Waals surface area contributed by atoms with Gasteiger partial charge in [0.1, 0.15) is 0 Å². The van der Waals surface area contributed by atoms with Gasteiger partial charge in [-0.2, -0.15) is 0 Å². The first-order valence-corrected chi connectivity index (χ1v) is 9.55. The molecule has 1 N–H and O–H groups in total. The van der Waals surface area contributed by atoms with Crippen LogP contribution in [-0.2, 0) is 13.0 Å². The van der Waals surface area contributed by atoms with Gasteiger partial charge in [0.15, 0.2) is 0 Å². The summed E-state index contributed by atoms with van der Waals surface area (Å²) < 4.78 is 0. The minimum Gasteiger partial charge on any atom is -0.348 e. The van der Waals surface area contributed by atoms with E-state index < -0.39 is 0 Å². The molecule has 5 nitrogen and oxygen atoms in total.